The molecule has 1 rings (SSSR count). The molecule has 1 N–H and O–H groups in total. The first-order valence-corrected chi connectivity index (χ1v) is 12.8. The van der Waals surface area contributed by atoms with Crippen molar-refractivity contribution >= 4 is 5.78 Å². The van der Waals surface area contributed by atoms with Crippen molar-refractivity contribution in [3.8, 4) is 0 Å². The van der Waals surface area contributed by atoms with E-state index >= 15 is 0 Å². The van der Waals surface area contributed by atoms with Gasteiger partial charge in [-0.3, -0.25) is 4.79 Å². The largest absolute Gasteiger partial charge is 0.456 e. The molecule has 0 fully saturated rings. The summed E-state index contributed by atoms with van der Waals surface area (Å²) >= 11 is 0. The standard InChI is InChI=1S/C30H44O3/c1-2-3-4-5-6-7-8-9-10-11-12-13-14-15-16-17-18-19-20-21-22-23-24-29(32)30-26-25-28(27-31)33-30/h3-4,6-7,9-10,12-13,15-16,25-26,31H,2,5,8,11,14,17-24,27H2,1H3/b4-3-,7-6-,10-9-,13-12-,16-15-. The van der Waals surface area contributed by atoms with Crippen molar-refractivity contribution in [3.05, 3.63) is 84.4 Å². The molecule has 0 unspecified atom stereocenters. The van der Waals surface area contributed by atoms with Crippen molar-refractivity contribution in [1.82, 2.24) is 0 Å². The van der Waals surface area contributed by atoms with Gasteiger partial charge in [0.1, 0.15) is 12.4 Å². The minimum absolute atomic E-state index is 0.0353. The molecule has 0 saturated heterocycles. The van der Waals surface area contributed by atoms with Crippen molar-refractivity contribution < 1.29 is 14.3 Å². The van der Waals surface area contributed by atoms with Crippen LogP contribution in [0, 0.1) is 0 Å². The summed E-state index contributed by atoms with van der Waals surface area (Å²) in [5.74, 6) is 0.857. The van der Waals surface area contributed by atoms with Gasteiger partial charge in [0.05, 0.1) is 0 Å². The van der Waals surface area contributed by atoms with Crippen LogP contribution in [0.1, 0.15) is 107 Å². The number of carbonyl (C=O) groups is 1. The van der Waals surface area contributed by atoms with E-state index in [1.165, 1.54) is 25.7 Å². The molecule has 1 heterocycles. The lowest BCUT2D eigenvalue weighted by molar-refractivity contribution is 0.0947. The topological polar surface area (TPSA) is 50.4 Å². The molecule has 0 aliphatic heterocycles. The first kappa shape index (κ1) is 28.6. The maximum absolute atomic E-state index is 12.0. The average Bonchev–Trinajstić information content (AvgIpc) is 3.32. The normalized spacial score (nSPS) is 12.5. The third kappa shape index (κ3) is 16.8. The fourth-order valence-corrected chi connectivity index (χ4v) is 3.36. The van der Waals surface area contributed by atoms with Gasteiger partial charge in [-0.2, -0.15) is 0 Å². The van der Waals surface area contributed by atoms with Crippen molar-refractivity contribution in [2.24, 2.45) is 0 Å². The molecule has 0 aromatic carbocycles. The van der Waals surface area contributed by atoms with Gasteiger partial charge in [0.2, 0.25) is 0 Å². The smallest absolute Gasteiger partial charge is 0.197 e. The number of rotatable bonds is 20. The van der Waals surface area contributed by atoms with E-state index in [4.69, 9.17) is 9.52 Å². The second-order valence-electron chi connectivity index (χ2n) is 8.22. The van der Waals surface area contributed by atoms with Gasteiger partial charge in [-0.05, 0) is 63.5 Å². The number of furan rings is 1. The van der Waals surface area contributed by atoms with E-state index in [-0.39, 0.29) is 12.4 Å². The zero-order valence-electron chi connectivity index (χ0n) is 20.6. The van der Waals surface area contributed by atoms with Gasteiger partial charge in [0.15, 0.2) is 11.5 Å². The summed E-state index contributed by atoms with van der Waals surface area (Å²) in [6.07, 6.45) is 36.1. The average molecular weight is 453 g/mol. The monoisotopic (exact) mass is 452 g/mol. The number of ketones is 1. The molecule has 0 aliphatic carbocycles. The van der Waals surface area contributed by atoms with Crippen molar-refractivity contribution in [3.63, 3.8) is 0 Å². The van der Waals surface area contributed by atoms with Crippen LogP contribution in [0.2, 0.25) is 0 Å². The van der Waals surface area contributed by atoms with E-state index in [1.54, 1.807) is 12.1 Å². The Morgan fingerprint density at radius 1 is 0.727 bits per heavy atom. The first-order chi connectivity index (χ1) is 16.3. The molecule has 0 aliphatic rings. The number of hydrogen-bond acceptors (Lipinski definition) is 3. The van der Waals surface area contributed by atoms with E-state index in [9.17, 15) is 4.79 Å². The third-order valence-corrected chi connectivity index (χ3v) is 5.27. The van der Waals surface area contributed by atoms with Gasteiger partial charge in [-0.15, -0.1) is 0 Å². The number of aliphatic hydroxyl groups excluding tert-OH is 1. The van der Waals surface area contributed by atoms with Gasteiger partial charge < -0.3 is 9.52 Å². The molecular formula is C30H44O3. The molecule has 0 radical (unpaired) electrons. The number of aliphatic hydroxyl groups is 1. The van der Waals surface area contributed by atoms with Gasteiger partial charge in [-0.25, -0.2) is 0 Å². The molecule has 0 spiro atoms. The molecule has 3 heteroatoms. The predicted molar refractivity (Wildman–Crippen MR) is 140 cm³/mol. The molecule has 1 aromatic rings. The lowest BCUT2D eigenvalue weighted by atomic mass is 10.1. The molecule has 0 saturated carbocycles. The summed E-state index contributed by atoms with van der Waals surface area (Å²) in [6, 6.07) is 3.31. The number of allylic oxidation sites excluding steroid dienone is 10. The highest BCUT2D eigenvalue weighted by molar-refractivity contribution is 5.93. The zero-order valence-corrected chi connectivity index (χ0v) is 20.6. The zero-order chi connectivity index (χ0) is 23.8. The Bertz CT molecular complexity index is 746. The number of unbranched alkanes of at least 4 members (excludes halogenated alkanes) is 6. The molecule has 33 heavy (non-hydrogen) atoms. The Balaban J connectivity index is 1.88. The van der Waals surface area contributed by atoms with Crippen LogP contribution in [0.5, 0.6) is 0 Å². The molecule has 3 nitrogen and oxygen atoms in total. The summed E-state index contributed by atoms with van der Waals surface area (Å²) in [6.45, 7) is 2.00. The molecular weight excluding hydrogens is 408 g/mol. The van der Waals surface area contributed by atoms with E-state index in [1.807, 2.05) is 0 Å². The Labute approximate surface area is 201 Å². The van der Waals surface area contributed by atoms with Gasteiger partial charge in [0, 0.05) is 6.42 Å². The van der Waals surface area contributed by atoms with Gasteiger partial charge in [0.25, 0.3) is 0 Å². The minimum atomic E-state index is -0.160. The van der Waals surface area contributed by atoms with Gasteiger partial charge >= 0.3 is 0 Å². The van der Waals surface area contributed by atoms with Gasteiger partial charge in [-0.1, -0.05) is 93.4 Å². The number of Topliss-reactive ketones (excluding diaryl/α,β-unsaturated/α-hetero) is 1. The fourth-order valence-electron chi connectivity index (χ4n) is 3.36. The van der Waals surface area contributed by atoms with Crippen molar-refractivity contribution in [2.75, 3.05) is 0 Å². The van der Waals surface area contributed by atoms with Crippen LogP contribution in [0.3, 0.4) is 0 Å². The Kier molecular flexibility index (Phi) is 18.6. The summed E-state index contributed by atoms with van der Waals surface area (Å²) in [7, 11) is 0. The predicted octanol–water partition coefficient (Wildman–Crippen LogP) is 8.83. The number of hydrogen-bond donors (Lipinski definition) is 1. The quantitative estimate of drug-likeness (QED) is 0.122. The maximum Gasteiger partial charge on any atom is 0.197 e. The van der Waals surface area contributed by atoms with Crippen LogP contribution in [-0.4, -0.2) is 10.9 Å². The molecule has 182 valence electrons. The lowest BCUT2D eigenvalue weighted by Crippen LogP contribution is -1.96. The van der Waals surface area contributed by atoms with E-state index in [2.05, 4.69) is 67.7 Å². The highest BCUT2D eigenvalue weighted by Gasteiger charge is 2.10. The van der Waals surface area contributed by atoms with E-state index in [0.717, 1.165) is 51.4 Å². The number of carbonyl (C=O) groups excluding carboxylic acids is 1. The van der Waals surface area contributed by atoms with E-state index in [0.29, 0.717) is 17.9 Å². The highest BCUT2D eigenvalue weighted by Crippen LogP contribution is 2.14. The molecule has 0 atom stereocenters. The summed E-state index contributed by atoms with van der Waals surface area (Å²) in [5.41, 5.74) is 0. The van der Waals surface area contributed by atoms with Crippen LogP contribution in [0.15, 0.2) is 77.3 Å². The summed E-state index contributed by atoms with van der Waals surface area (Å²) in [5, 5.41) is 8.98. The minimum Gasteiger partial charge on any atom is -0.456 e. The second kappa shape index (κ2) is 21.5. The van der Waals surface area contributed by atoms with Crippen molar-refractivity contribution in [1.29, 1.82) is 0 Å². The van der Waals surface area contributed by atoms with E-state index < -0.39 is 0 Å². The highest BCUT2D eigenvalue weighted by atomic mass is 16.4. The van der Waals surface area contributed by atoms with Crippen LogP contribution in [0.25, 0.3) is 0 Å². The third-order valence-electron chi connectivity index (χ3n) is 5.27. The Morgan fingerprint density at radius 2 is 1.24 bits per heavy atom. The van der Waals surface area contributed by atoms with Crippen LogP contribution in [-0.2, 0) is 6.61 Å². The van der Waals surface area contributed by atoms with Crippen LogP contribution in [0.4, 0.5) is 0 Å². The summed E-state index contributed by atoms with van der Waals surface area (Å²) in [4.78, 5) is 12.0. The summed E-state index contributed by atoms with van der Waals surface area (Å²) < 4.78 is 5.28. The molecule has 1 aromatic heterocycles. The maximum atomic E-state index is 12.0. The fraction of sp³-hybridized carbons (Fsp3) is 0.500. The van der Waals surface area contributed by atoms with Crippen LogP contribution >= 0.6 is 0 Å². The molecule has 0 amide bonds. The SMILES string of the molecule is CC/C=C\C/C=C\C/C=C\C/C=C\C/C=C\CCCCCCCCC(=O)c1ccc(CO)o1. The second-order valence-corrected chi connectivity index (χ2v) is 8.22. The lowest BCUT2D eigenvalue weighted by Gasteiger charge is -2.00. The Hall–Kier alpha value is -2.39. The van der Waals surface area contributed by atoms with Crippen LogP contribution < -0.4 is 0 Å². The first-order valence-electron chi connectivity index (χ1n) is 12.8. The Morgan fingerprint density at radius 3 is 1.79 bits per heavy atom. The van der Waals surface area contributed by atoms with Crippen molar-refractivity contribution in [2.45, 2.75) is 97.0 Å². The molecule has 0 bridgehead atoms.